The summed E-state index contributed by atoms with van der Waals surface area (Å²) in [6.45, 7) is 2.15. The second-order valence-corrected chi connectivity index (χ2v) is 4.66. The highest BCUT2D eigenvalue weighted by Crippen LogP contribution is 2.23. The van der Waals surface area contributed by atoms with Gasteiger partial charge in [-0.1, -0.05) is 6.92 Å². The predicted octanol–water partition coefficient (Wildman–Crippen LogP) is 2.62. The van der Waals surface area contributed by atoms with Gasteiger partial charge in [-0.05, 0) is 44.2 Å². The average Bonchev–Trinajstić information content (AvgIpc) is 2.79. The van der Waals surface area contributed by atoms with Gasteiger partial charge in [0.25, 0.3) is 0 Å². The van der Waals surface area contributed by atoms with Crippen molar-refractivity contribution in [2.45, 2.75) is 57.2 Å². The van der Waals surface area contributed by atoms with Crippen molar-refractivity contribution in [3.8, 4) is 0 Å². The minimum absolute atomic E-state index is 0.125. The van der Waals surface area contributed by atoms with Gasteiger partial charge in [-0.2, -0.15) is 0 Å². The Morgan fingerprint density at radius 1 is 1.56 bits per heavy atom. The Bertz CT molecular complexity index is 297. The number of hydrogen-bond acceptors (Lipinski definition) is 3. The van der Waals surface area contributed by atoms with Crippen molar-refractivity contribution in [3.63, 3.8) is 0 Å². The Morgan fingerprint density at radius 3 is 3.06 bits per heavy atom. The smallest absolute Gasteiger partial charge is 0.120 e. The molecule has 0 aliphatic heterocycles. The second-order valence-electron chi connectivity index (χ2n) is 4.66. The third-order valence-corrected chi connectivity index (χ3v) is 3.38. The number of hydrogen-bond donors (Lipinski definition) is 2. The van der Waals surface area contributed by atoms with Crippen LogP contribution in [0.4, 0.5) is 0 Å². The fourth-order valence-electron chi connectivity index (χ4n) is 2.49. The average molecular weight is 223 g/mol. The van der Waals surface area contributed by atoms with Gasteiger partial charge >= 0.3 is 0 Å². The van der Waals surface area contributed by atoms with E-state index in [4.69, 9.17) is 4.42 Å². The first-order valence-corrected chi connectivity index (χ1v) is 6.27. The summed E-state index contributed by atoms with van der Waals surface area (Å²) in [5.74, 6) is 1.00. The minimum atomic E-state index is -0.125. The van der Waals surface area contributed by atoms with Crippen LogP contribution >= 0.6 is 0 Å². The largest absolute Gasteiger partial charge is 0.468 e. The van der Waals surface area contributed by atoms with Crippen LogP contribution in [0.25, 0.3) is 0 Å². The number of aliphatic hydroxyl groups excluding tert-OH is 1. The zero-order valence-electron chi connectivity index (χ0n) is 9.86. The molecule has 3 atom stereocenters. The van der Waals surface area contributed by atoms with Gasteiger partial charge in [0.1, 0.15) is 5.76 Å². The molecule has 3 heteroatoms. The molecule has 16 heavy (non-hydrogen) atoms. The highest BCUT2D eigenvalue weighted by Gasteiger charge is 2.23. The van der Waals surface area contributed by atoms with E-state index in [1.165, 1.54) is 0 Å². The summed E-state index contributed by atoms with van der Waals surface area (Å²) < 4.78 is 5.43. The van der Waals surface area contributed by atoms with Crippen LogP contribution in [0.5, 0.6) is 0 Å². The van der Waals surface area contributed by atoms with E-state index in [2.05, 4.69) is 12.2 Å². The summed E-state index contributed by atoms with van der Waals surface area (Å²) in [5, 5.41) is 13.2. The van der Waals surface area contributed by atoms with Crippen LogP contribution in [0.15, 0.2) is 22.8 Å². The van der Waals surface area contributed by atoms with Crippen LogP contribution in [0, 0.1) is 0 Å². The summed E-state index contributed by atoms with van der Waals surface area (Å²) >= 11 is 0. The van der Waals surface area contributed by atoms with E-state index in [1.54, 1.807) is 6.26 Å². The molecule has 0 aromatic carbocycles. The third-order valence-electron chi connectivity index (χ3n) is 3.38. The second kappa shape index (κ2) is 5.51. The minimum Gasteiger partial charge on any atom is -0.468 e. The molecule has 0 spiro atoms. The molecule has 1 aromatic rings. The highest BCUT2D eigenvalue weighted by atomic mass is 16.3. The topological polar surface area (TPSA) is 45.4 Å². The molecule has 1 saturated carbocycles. The lowest BCUT2D eigenvalue weighted by atomic mass is 9.92. The van der Waals surface area contributed by atoms with Crippen LogP contribution in [0.1, 0.15) is 50.8 Å². The number of aliphatic hydroxyl groups is 1. The SMILES string of the molecule is CCC(NC1CCCC(O)C1)c1ccco1. The summed E-state index contributed by atoms with van der Waals surface area (Å²) in [5.41, 5.74) is 0. The highest BCUT2D eigenvalue weighted by molar-refractivity contribution is 5.04. The van der Waals surface area contributed by atoms with E-state index in [0.29, 0.717) is 6.04 Å². The van der Waals surface area contributed by atoms with Crippen molar-refractivity contribution in [3.05, 3.63) is 24.2 Å². The summed E-state index contributed by atoms with van der Waals surface area (Å²) in [7, 11) is 0. The third kappa shape index (κ3) is 2.86. The van der Waals surface area contributed by atoms with E-state index in [-0.39, 0.29) is 12.1 Å². The molecule has 1 fully saturated rings. The van der Waals surface area contributed by atoms with Crippen LogP contribution in [-0.2, 0) is 0 Å². The fraction of sp³-hybridized carbons (Fsp3) is 0.692. The molecule has 0 saturated heterocycles. The zero-order chi connectivity index (χ0) is 11.4. The molecule has 3 unspecified atom stereocenters. The standard InChI is InChI=1S/C13H21NO2/c1-2-12(13-7-4-8-16-13)14-10-5-3-6-11(15)9-10/h4,7-8,10-12,14-15H,2-3,5-6,9H2,1H3. The molecule has 2 rings (SSSR count). The molecule has 1 aliphatic carbocycles. The maximum Gasteiger partial charge on any atom is 0.120 e. The van der Waals surface area contributed by atoms with Crippen LogP contribution in [0.3, 0.4) is 0 Å². The first kappa shape index (κ1) is 11.7. The van der Waals surface area contributed by atoms with Crippen LogP contribution in [-0.4, -0.2) is 17.3 Å². The van der Waals surface area contributed by atoms with E-state index in [1.807, 2.05) is 12.1 Å². The lowest BCUT2D eigenvalue weighted by Gasteiger charge is -2.29. The lowest BCUT2D eigenvalue weighted by molar-refractivity contribution is 0.107. The molecule has 90 valence electrons. The molecule has 1 heterocycles. The summed E-state index contributed by atoms with van der Waals surface area (Å²) in [6, 6.07) is 4.65. The first-order valence-electron chi connectivity index (χ1n) is 6.27. The molecule has 2 N–H and O–H groups in total. The van der Waals surface area contributed by atoms with Gasteiger partial charge < -0.3 is 14.8 Å². The number of furan rings is 1. The van der Waals surface area contributed by atoms with E-state index in [9.17, 15) is 5.11 Å². The lowest BCUT2D eigenvalue weighted by Crippen LogP contribution is -2.38. The first-order chi connectivity index (χ1) is 7.79. The molecule has 0 radical (unpaired) electrons. The molecule has 0 amide bonds. The number of rotatable bonds is 4. The summed E-state index contributed by atoms with van der Waals surface area (Å²) in [4.78, 5) is 0. The predicted molar refractivity (Wildman–Crippen MR) is 63.1 cm³/mol. The fourth-order valence-corrected chi connectivity index (χ4v) is 2.49. The number of nitrogens with one attached hydrogen (secondary N) is 1. The van der Waals surface area contributed by atoms with Gasteiger partial charge in [-0.3, -0.25) is 0 Å². The van der Waals surface area contributed by atoms with Crippen LogP contribution in [0.2, 0.25) is 0 Å². The van der Waals surface area contributed by atoms with Crippen molar-refractivity contribution < 1.29 is 9.52 Å². The van der Waals surface area contributed by atoms with Gasteiger partial charge in [0, 0.05) is 6.04 Å². The Balaban J connectivity index is 1.91. The maximum absolute atomic E-state index is 9.63. The van der Waals surface area contributed by atoms with Gasteiger partial charge in [-0.25, -0.2) is 0 Å². The molecule has 3 nitrogen and oxygen atoms in total. The van der Waals surface area contributed by atoms with Gasteiger partial charge in [0.05, 0.1) is 18.4 Å². The normalized spacial score (nSPS) is 27.9. The monoisotopic (exact) mass is 223 g/mol. The Hall–Kier alpha value is -0.800. The summed E-state index contributed by atoms with van der Waals surface area (Å²) in [6.07, 6.45) is 6.71. The molecule has 1 aromatic heterocycles. The maximum atomic E-state index is 9.63. The Labute approximate surface area is 96.8 Å². The Morgan fingerprint density at radius 2 is 2.44 bits per heavy atom. The van der Waals surface area contributed by atoms with E-state index >= 15 is 0 Å². The molecular formula is C13H21NO2. The molecular weight excluding hydrogens is 202 g/mol. The van der Waals surface area contributed by atoms with E-state index < -0.39 is 0 Å². The Kier molecular flexibility index (Phi) is 4.02. The van der Waals surface area contributed by atoms with Crippen molar-refractivity contribution >= 4 is 0 Å². The van der Waals surface area contributed by atoms with Crippen molar-refractivity contribution in [1.82, 2.24) is 5.32 Å². The van der Waals surface area contributed by atoms with Crippen molar-refractivity contribution in [1.29, 1.82) is 0 Å². The van der Waals surface area contributed by atoms with Crippen LogP contribution < -0.4 is 5.32 Å². The molecule has 1 aliphatic rings. The van der Waals surface area contributed by atoms with Crippen molar-refractivity contribution in [2.75, 3.05) is 0 Å². The van der Waals surface area contributed by atoms with Gasteiger partial charge in [0.2, 0.25) is 0 Å². The zero-order valence-corrected chi connectivity index (χ0v) is 9.86. The van der Waals surface area contributed by atoms with Gasteiger partial charge in [-0.15, -0.1) is 0 Å². The van der Waals surface area contributed by atoms with Gasteiger partial charge in [0.15, 0.2) is 0 Å². The van der Waals surface area contributed by atoms with Crippen molar-refractivity contribution in [2.24, 2.45) is 0 Å². The van der Waals surface area contributed by atoms with E-state index in [0.717, 1.165) is 37.9 Å². The quantitative estimate of drug-likeness (QED) is 0.824. The molecule has 0 bridgehead atoms.